The number of hydrogen-bond acceptors (Lipinski definition) is 5. The summed E-state index contributed by atoms with van der Waals surface area (Å²) in [4.78, 5) is 5.44. The SMILES string of the molecule is Cc1ncc(C(C)NCC(O)COCC2CC2)s1. The molecule has 0 saturated heterocycles. The minimum Gasteiger partial charge on any atom is -0.389 e. The molecule has 1 fully saturated rings. The first-order chi connectivity index (χ1) is 8.65. The minimum atomic E-state index is -0.430. The fourth-order valence-corrected chi connectivity index (χ4v) is 2.52. The van der Waals surface area contributed by atoms with Gasteiger partial charge in [0.05, 0.1) is 17.7 Å². The highest BCUT2D eigenvalue weighted by atomic mass is 32.1. The third kappa shape index (κ3) is 4.65. The second kappa shape index (κ2) is 6.61. The number of rotatable bonds is 8. The quantitative estimate of drug-likeness (QED) is 0.757. The summed E-state index contributed by atoms with van der Waals surface area (Å²) in [7, 11) is 0. The average molecular weight is 270 g/mol. The van der Waals surface area contributed by atoms with Crippen LogP contribution >= 0.6 is 11.3 Å². The molecule has 0 amide bonds. The van der Waals surface area contributed by atoms with Crippen molar-refractivity contribution in [2.24, 2.45) is 5.92 Å². The van der Waals surface area contributed by atoms with Gasteiger partial charge in [-0.3, -0.25) is 0 Å². The van der Waals surface area contributed by atoms with Gasteiger partial charge in [-0.2, -0.15) is 0 Å². The third-order valence-electron chi connectivity index (χ3n) is 3.09. The molecule has 0 bridgehead atoms. The fourth-order valence-electron chi connectivity index (χ4n) is 1.71. The Morgan fingerprint density at radius 2 is 2.39 bits per heavy atom. The van der Waals surface area contributed by atoms with Crippen LogP contribution in [0.15, 0.2) is 6.20 Å². The number of ether oxygens (including phenoxy) is 1. The van der Waals surface area contributed by atoms with Crippen LogP contribution < -0.4 is 5.32 Å². The van der Waals surface area contributed by atoms with Gasteiger partial charge in [0.2, 0.25) is 0 Å². The molecule has 1 aliphatic carbocycles. The van der Waals surface area contributed by atoms with Crippen molar-refractivity contribution >= 4 is 11.3 Å². The monoisotopic (exact) mass is 270 g/mol. The number of aryl methyl sites for hydroxylation is 1. The largest absolute Gasteiger partial charge is 0.389 e. The van der Waals surface area contributed by atoms with Crippen molar-refractivity contribution in [1.29, 1.82) is 0 Å². The highest BCUT2D eigenvalue weighted by Gasteiger charge is 2.21. The number of aliphatic hydroxyl groups is 1. The van der Waals surface area contributed by atoms with Crippen LogP contribution in [0.2, 0.25) is 0 Å². The van der Waals surface area contributed by atoms with Crippen LogP contribution in [0, 0.1) is 12.8 Å². The molecule has 0 radical (unpaired) electrons. The van der Waals surface area contributed by atoms with Crippen LogP contribution in [-0.2, 0) is 4.74 Å². The number of aromatic nitrogens is 1. The molecule has 0 aromatic carbocycles. The number of nitrogens with one attached hydrogen (secondary N) is 1. The van der Waals surface area contributed by atoms with E-state index in [-0.39, 0.29) is 6.04 Å². The van der Waals surface area contributed by atoms with E-state index >= 15 is 0 Å². The van der Waals surface area contributed by atoms with Crippen molar-refractivity contribution in [1.82, 2.24) is 10.3 Å². The lowest BCUT2D eigenvalue weighted by Gasteiger charge is -2.16. The molecule has 18 heavy (non-hydrogen) atoms. The van der Waals surface area contributed by atoms with Crippen LogP contribution in [-0.4, -0.2) is 36.0 Å². The lowest BCUT2D eigenvalue weighted by Crippen LogP contribution is -2.32. The highest BCUT2D eigenvalue weighted by Crippen LogP contribution is 2.28. The third-order valence-corrected chi connectivity index (χ3v) is 4.18. The summed E-state index contributed by atoms with van der Waals surface area (Å²) in [6, 6.07) is 0.231. The van der Waals surface area contributed by atoms with E-state index in [0.717, 1.165) is 17.5 Å². The number of aliphatic hydroxyl groups excluding tert-OH is 1. The molecule has 1 aromatic heterocycles. The molecule has 0 aliphatic heterocycles. The van der Waals surface area contributed by atoms with E-state index in [1.54, 1.807) is 11.3 Å². The molecule has 1 aromatic rings. The molecule has 1 heterocycles. The van der Waals surface area contributed by atoms with Crippen LogP contribution in [0.25, 0.3) is 0 Å². The summed E-state index contributed by atoms with van der Waals surface area (Å²) in [5.74, 6) is 0.754. The van der Waals surface area contributed by atoms with E-state index in [0.29, 0.717) is 13.2 Å². The predicted molar refractivity (Wildman–Crippen MR) is 72.8 cm³/mol. The van der Waals surface area contributed by atoms with E-state index < -0.39 is 6.10 Å². The Morgan fingerprint density at radius 3 is 3.00 bits per heavy atom. The van der Waals surface area contributed by atoms with Gasteiger partial charge >= 0.3 is 0 Å². The smallest absolute Gasteiger partial charge is 0.0897 e. The fraction of sp³-hybridized carbons (Fsp3) is 0.769. The van der Waals surface area contributed by atoms with Crippen molar-refractivity contribution in [3.63, 3.8) is 0 Å². The first kappa shape index (κ1) is 13.9. The van der Waals surface area contributed by atoms with E-state index in [4.69, 9.17) is 4.74 Å². The molecule has 102 valence electrons. The highest BCUT2D eigenvalue weighted by molar-refractivity contribution is 7.11. The van der Waals surface area contributed by atoms with E-state index in [9.17, 15) is 5.11 Å². The molecule has 2 atom stereocenters. The summed E-state index contributed by atoms with van der Waals surface area (Å²) in [5.41, 5.74) is 0. The Morgan fingerprint density at radius 1 is 1.61 bits per heavy atom. The Kier molecular flexibility index (Phi) is 5.12. The lowest BCUT2D eigenvalue weighted by atomic mass is 10.2. The molecule has 2 rings (SSSR count). The van der Waals surface area contributed by atoms with Gasteiger partial charge in [-0.1, -0.05) is 0 Å². The maximum Gasteiger partial charge on any atom is 0.0897 e. The molecule has 1 aliphatic rings. The maximum atomic E-state index is 9.78. The Balaban J connectivity index is 1.60. The first-order valence-corrected chi connectivity index (χ1v) is 7.38. The number of thiazole rings is 1. The Labute approximate surface area is 112 Å². The standard InChI is InChI=1S/C13H22N2O2S/c1-9(13-6-15-10(2)18-13)14-5-12(16)8-17-7-11-3-4-11/h6,9,11-12,14,16H,3-5,7-8H2,1-2H3. The van der Waals surface area contributed by atoms with Crippen molar-refractivity contribution < 1.29 is 9.84 Å². The Hall–Kier alpha value is -0.490. The minimum absolute atomic E-state index is 0.231. The van der Waals surface area contributed by atoms with Crippen molar-refractivity contribution in [3.8, 4) is 0 Å². The van der Waals surface area contributed by atoms with Gasteiger partial charge in [0.1, 0.15) is 0 Å². The Bertz CT molecular complexity index is 366. The van der Waals surface area contributed by atoms with Gasteiger partial charge in [0, 0.05) is 30.3 Å². The van der Waals surface area contributed by atoms with Gasteiger partial charge in [0.15, 0.2) is 0 Å². The predicted octanol–water partition coefficient (Wildman–Crippen LogP) is 1.89. The summed E-state index contributed by atoms with van der Waals surface area (Å²) >= 11 is 1.69. The van der Waals surface area contributed by atoms with Crippen LogP contribution in [0.4, 0.5) is 0 Å². The van der Waals surface area contributed by atoms with Gasteiger partial charge in [-0.05, 0) is 32.6 Å². The van der Waals surface area contributed by atoms with E-state index in [2.05, 4.69) is 17.2 Å². The van der Waals surface area contributed by atoms with E-state index in [1.807, 2.05) is 13.1 Å². The molecule has 0 spiro atoms. The second-order valence-electron chi connectivity index (χ2n) is 5.05. The summed E-state index contributed by atoms with van der Waals surface area (Å²) < 4.78 is 5.46. The summed E-state index contributed by atoms with van der Waals surface area (Å²) in [6.07, 6.45) is 4.04. The number of hydrogen-bond donors (Lipinski definition) is 2. The average Bonchev–Trinajstić information content (AvgIpc) is 3.06. The molecular weight excluding hydrogens is 248 g/mol. The molecule has 4 nitrogen and oxygen atoms in total. The topological polar surface area (TPSA) is 54.4 Å². The zero-order valence-electron chi connectivity index (χ0n) is 11.1. The van der Waals surface area contributed by atoms with Crippen LogP contribution in [0.1, 0.15) is 35.7 Å². The molecular formula is C13H22N2O2S. The molecule has 1 saturated carbocycles. The molecule has 5 heteroatoms. The van der Waals surface area contributed by atoms with Gasteiger partial charge in [0.25, 0.3) is 0 Å². The van der Waals surface area contributed by atoms with Crippen molar-refractivity contribution in [2.75, 3.05) is 19.8 Å². The lowest BCUT2D eigenvalue weighted by molar-refractivity contribution is 0.0315. The van der Waals surface area contributed by atoms with Crippen LogP contribution in [0.5, 0.6) is 0 Å². The van der Waals surface area contributed by atoms with Gasteiger partial charge in [-0.25, -0.2) is 4.98 Å². The van der Waals surface area contributed by atoms with E-state index in [1.165, 1.54) is 17.7 Å². The van der Waals surface area contributed by atoms with Crippen LogP contribution in [0.3, 0.4) is 0 Å². The van der Waals surface area contributed by atoms with Gasteiger partial charge in [-0.15, -0.1) is 11.3 Å². The zero-order chi connectivity index (χ0) is 13.0. The normalized spacial score (nSPS) is 18.8. The number of nitrogens with zero attached hydrogens (tertiary/aromatic N) is 1. The first-order valence-electron chi connectivity index (χ1n) is 6.56. The maximum absolute atomic E-state index is 9.78. The van der Waals surface area contributed by atoms with Crippen molar-refractivity contribution in [3.05, 3.63) is 16.1 Å². The van der Waals surface area contributed by atoms with Gasteiger partial charge < -0.3 is 15.2 Å². The second-order valence-corrected chi connectivity index (χ2v) is 6.31. The summed E-state index contributed by atoms with van der Waals surface area (Å²) in [6.45, 7) is 5.88. The molecule has 2 unspecified atom stereocenters. The molecule has 2 N–H and O–H groups in total. The summed E-state index contributed by atoms with van der Waals surface area (Å²) in [5, 5.41) is 14.2. The zero-order valence-corrected chi connectivity index (χ0v) is 11.9. The van der Waals surface area contributed by atoms with Crippen molar-refractivity contribution in [2.45, 2.75) is 38.8 Å².